The molecule has 1 aliphatic heterocycles. The molecule has 0 radical (unpaired) electrons. The van der Waals surface area contributed by atoms with Gasteiger partial charge in [0.05, 0.1) is 12.2 Å². The Balaban J connectivity index is 1.74. The summed E-state index contributed by atoms with van der Waals surface area (Å²) in [4.78, 5) is 31.0. The molecule has 0 bridgehead atoms. The first-order chi connectivity index (χ1) is 17.7. The monoisotopic (exact) mass is 521 g/mol. The second-order valence-electron chi connectivity index (χ2n) is 10.0. The molecule has 0 N–H and O–H groups in total. The van der Waals surface area contributed by atoms with Gasteiger partial charge in [-0.1, -0.05) is 35.9 Å². The van der Waals surface area contributed by atoms with Crippen molar-refractivity contribution >= 4 is 23.5 Å². The number of fused-ring (bicyclic) bond motifs is 1. The maximum Gasteiger partial charge on any atom is 0.339 e. The molecule has 0 fully saturated rings. The van der Waals surface area contributed by atoms with E-state index in [9.17, 15) is 9.59 Å². The van der Waals surface area contributed by atoms with Gasteiger partial charge in [-0.25, -0.2) is 4.79 Å². The van der Waals surface area contributed by atoms with Crippen LogP contribution < -0.4 is 0 Å². The third-order valence-corrected chi connectivity index (χ3v) is 7.51. The fourth-order valence-corrected chi connectivity index (χ4v) is 5.34. The van der Waals surface area contributed by atoms with Crippen LogP contribution in [0.3, 0.4) is 0 Å². The van der Waals surface area contributed by atoms with Gasteiger partial charge in [-0.2, -0.15) is 0 Å². The normalized spacial score (nSPS) is 15.1. The van der Waals surface area contributed by atoms with Gasteiger partial charge in [0.25, 0.3) is 5.91 Å². The molecule has 7 heteroatoms. The Hall–Kier alpha value is -3.09. The molecular formula is C30H36ClN3O3. The first-order valence-corrected chi connectivity index (χ1v) is 13.2. The van der Waals surface area contributed by atoms with Gasteiger partial charge in [-0.05, 0) is 89.1 Å². The summed E-state index contributed by atoms with van der Waals surface area (Å²) >= 11 is 6.43. The SMILES string of the molecule is CCOC(=O)c1cc(-c2cc(Cl)ccc2C(=O)N2Cc3ccccc3C[C@H]2CCCN(C)C)n(C)c1C. The van der Waals surface area contributed by atoms with Crippen molar-refractivity contribution in [2.75, 3.05) is 27.2 Å². The van der Waals surface area contributed by atoms with E-state index in [0.717, 1.165) is 37.2 Å². The molecule has 0 saturated carbocycles. The molecule has 2 heterocycles. The van der Waals surface area contributed by atoms with Crippen molar-refractivity contribution in [2.24, 2.45) is 7.05 Å². The smallest absolute Gasteiger partial charge is 0.339 e. The lowest BCUT2D eigenvalue weighted by Gasteiger charge is -2.38. The van der Waals surface area contributed by atoms with Crippen LogP contribution in [0.25, 0.3) is 11.3 Å². The molecule has 0 unspecified atom stereocenters. The molecule has 0 saturated heterocycles. The fourth-order valence-electron chi connectivity index (χ4n) is 5.17. The van der Waals surface area contributed by atoms with E-state index in [2.05, 4.69) is 37.2 Å². The Morgan fingerprint density at radius 2 is 1.81 bits per heavy atom. The quantitative estimate of drug-likeness (QED) is 0.355. The molecule has 2 aromatic carbocycles. The van der Waals surface area contributed by atoms with E-state index >= 15 is 0 Å². The highest BCUT2D eigenvalue weighted by molar-refractivity contribution is 6.31. The van der Waals surface area contributed by atoms with Gasteiger partial charge >= 0.3 is 5.97 Å². The molecule has 196 valence electrons. The van der Waals surface area contributed by atoms with Crippen molar-refractivity contribution in [1.29, 1.82) is 0 Å². The fraction of sp³-hybridized carbons (Fsp3) is 0.400. The number of rotatable bonds is 8. The van der Waals surface area contributed by atoms with Crippen LogP contribution in [0, 0.1) is 6.92 Å². The summed E-state index contributed by atoms with van der Waals surface area (Å²) in [5, 5.41) is 0.537. The third kappa shape index (κ3) is 5.76. The Morgan fingerprint density at radius 3 is 2.51 bits per heavy atom. The highest BCUT2D eigenvalue weighted by atomic mass is 35.5. The molecule has 1 atom stereocenters. The molecule has 3 aromatic rings. The number of nitrogens with zero attached hydrogens (tertiary/aromatic N) is 3. The number of esters is 1. The number of amides is 1. The van der Waals surface area contributed by atoms with E-state index in [1.807, 2.05) is 41.6 Å². The predicted molar refractivity (Wildman–Crippen MR) is 148 cm³/mol. The summed E-state index contributed by atoms with van der Waals surface area (Å²) in [5.41, 5.74) is 5.82. The van der Waals surface area contributed by atoms with Crippen molar-refractivity contribution in [3.63, 3.8) is 0 Å². The number of carbonyl (C=O) groups is 2. The van der Waals surface area contributed by atoms with Gasteiger partial charge in [0.1, 0.15) is 0 Å². The number of benzene rings is 2. The van der Waals surface area contributed by atoms with Crippen molar-refractivity contribution in [3.05, 3.63) is 81.5 Å². The molecule has 6 nitrogen and oxygen atoms in total. The van der Waals surface area contributed by atoms with Crippen molar-refractivity contribution in [3.8, 4) is 11.3 Å². The van der Waals surface area contributed by atoms with Crippen molar-refractivity contribution in [2.45, 2.75) is 45.7 Å². The zero-order valence-corrected chi connectivity index (χ0v) is 23.1. The summed E-state index contributed by atoms with van der Waals surface area (Å²) in [6, 6.07) is 15.7. The molecule has 1 amide bonds. The summed E-state index contributed by atoms with van der Waals surface area (Å²) in [6.07, 6.45) is 2.78. The number of hydrogen-bond acceptors (Lipinski definition) is 4. The lowest BCUT2D eigenvalue weighted by molar-refractivity contribution is 0.0525. The maximum absolute atomic E-state index is 14.2. The van der Waals surface area contributed by atoms with Crippen molar-refractivity contribution in [1.82, 2.24) is 14.4 Å². The van der Waals surface area contributed by atoms with Crippen LogP contribution >= 0.6 is 11.6 Å². The highest BCUT2D eigenvalue weighted by Gasteiger charge is 2.32. The van der Waals surface area contributed by atoms with Crippen LogP contribution in [-0.2, 0) is 24.8 Å². The first-order valence-electron chi connectivity index (χ1n) is 12.9. The summed E-state index contributed by atoms with van der Waals surface area (Å²) in [7, 11) is 6.04. The van der Waals surface area contributed by atoms with Gasteiger partial charge < -0.3 is 19.1 Å². The van der Waals surface area contributed by atoms with Gasteiger partial charge in [-0.15, -0.1) is 0 Å². The van der Waals surface area contributed by atoms with E-state index in [-0.39, 0.29) is 17.9 Å². The lowest BCUT2D eigenvalue weighted by Crippen LogP contribution is -2.44. The highest BCUT2D eigenvalue weighted by Crippen LogP contribution is 2.34. The van der Waals surface area contributed by atoms with E-state index in [0.29, 0.717) is 34.9 Å². The average molecular weight is 522 g/mol. The predicted octanol–water partition coefficient (Wildman–Crippen LogP) is 5.74. The van der Waals surface area contributed by atoms with Crippen LogP contribution in [-0.4, -0.2) is 59.5 Å². The summed E-state index contributed by atoms with van der Waals surface area (Å²) in [5.74, 6) is -0.391. The molecule has 0 spiro atoms. The minimum atomic E-state index is -0.370. The van der Waals surface area contributed by atoms with E-state index in [1.54, 1.807) is 19.1 Å². The number of ether oxygens (including phenoxy) is 1. The van der Waals surface area contributed by atoms with Crippen LogP contribution in [0.2, 0.25) is 5.02 Å². The van der Waals surface area contributed by atoms with Gasteiger partial charge in [0.2, 0.25) is 0 Å². The van der Waals surface area contributed by atoms with Crippen LogP contribution in [0.15, 0.2) is 48.5 Å². The van der Waals surface area contributed by atoms with Crippen molar-refractivity contribution < 1.29 is 14.3 Å². The first kappa shape index (κ1) is 27.0. The minimum absolute atomic E-state index is 0.0208. The Labute approximate surface area is 224 Å². The van der Waals surface area contributed by atoms with Gasteiger partial charge in [0.15, 0.2) is 0 Å². The molecule has 0 aliphatic carbocycles. The average Bonchev–Trinajstić information content (AvgIpc) is 3.17. The zero-order chi connectivity index (χ0) is 26.7. The molecule has 1 aliphatic rings. The van der Waals surface area contributed by atoms with Gasteiger partial charge in [0, 0.05) is 47.2 Å². The molecule has 1 aromatic heterocycles. The number of hydrogen-bond donors (Lipinski definition) is 0. The topological polar surface area (TPSA) is 54.8 Å². The number of halogens is 1. The Morgan fingerprint density at radius 1 is 1.08 bits per heavy atom. The second-order valence-corrected chi connectivity index (χ2v) is 10.4. The zero-order valence-electron chi connectivity index (χ0n) is 22.4. The van der Waals surface area contributed by atoms with E-state index in [4.69, 9.17) is 16.3 Å². The Kier molecular flexibility index (Phi) is 8.40. The maximum atomic E-state index is 14.2. The van der Waals surface area contributed by atoms with E-state index in [1.165, 1.54) is 11.1 Å². The number of carbonyl (C=O) groups excluding carboxylic acids is 2. The molecular weight excluding hydrogens is 486 g/mol. The number of aromatic nitrogens is 1. The van der Waals surface area contributed by atoms with Crippen LogP contribution in [0.4, 0.5) is 0 Å². The largest absolute Gasteiger partial charge is 0.462 e. The van der Waals surface area contributed by atoms with Crippen LogP contribution in [0.5, 0.6) is 0 Å². The summed E-state index contributed by atoms with van der Waals surface area (Å²) in [6.45, 7) is 5.52. The minimum Gasteiger partial charge on any atom is -0.462 e. The van der Waals surface area contributed by atoms with Gasteiger partial charge in [-0.3, -0.25) is 4.79 Å². The third-order valence-electron chi connectivity index (χ3n) is 7.28. The standard InChI is InChI=1S/C30H36ClN3O3/c1-6-37-30(36)26-18-28(33(5)20(26)2)27-17-23(31)13-14-25(27)29(35)34-19-22-11-8-7-10-21(22)16-24(34)12-9-15-32(3)4/h7-8,10-11,13-14,17-18,24H,6,9,12,15-16,19H2,1-5H3/t24-/m1/s1. The summed E-state index contributed by atoms with van der Waals surface area (Å²) < 4.78 is 7.18. The lowest BCUT2D eigenvalue weighted by atomic mass is 9.90. The van der Waals surface area contributed by atoms with E-state index < -0.39 is 0 Å². The van der Waals surface area contributed by atoms with Crippen LogP contribution in [0.1, 0.15) is 57.3 Å². The molecule has 4 rings (SSSR count). The second kappa shape index (κ2) is 11.5. The molecule has 37 heavy (non-hydrogen) atoms. The Bertz CT molecular complexity index is 1300.